The third-order valence-corrected chi connectivity index (χ3v) is 4.79. The number of aliphatic hydroxyl groups is 1. The van der Waals surface area contributed by atoms with E-state index in [0.29, 0.717) is 6.04 Å². The van der Waals surface area contributed by atoms with Crippen molar-refractivity contribution in [2.75, 3.05) is 6.54 Å². The van der Waals surface area contributed by atoms with E-state index in [1.54, 1.807) is 0 Å². The summed E-state index contributed by atoms with van der Waals surface area (Å²) in [5, 5.41) is 13.5. The Morgan fingerprint density at radius 2 is 2.00 bits per heavy atom. The molecule has 0 saturated heterocycles. The minimum atomic E-state index is -0.0946. The molecule has 5 atom stereocenters. The van der Waals surface area contributed by atoms with Crippen molar-refractivity contribution in [1.82, 2.24) is 5.32 Å². The minimum absolute atomic E-state index is 0.0946. The molecule has 2 bridgehead atoms. The molecule has 0 spiro atoms. The standard InChI is InChI=1S/C14H23NO/c16-14-4-2-1-3-13(14)15-9-12-8-10-5-6-11(12)7-10/h5-6,10-16H,1-4,7-9H2/t10?,11?,12?,13-,14-/m0/s1. The second kappa shape index (κ2) is 4.50. The van der Waals surface area contributed by atoms with Gasteiger partial charge in [0.15, 0.2) is 0 Å². The van der Waals surface area contributed by atoms with Crippen LogP contribution in [0.15, 0.2) is 12.2 Å². The first kappa shape index (κ1) is 10.8. The predicted molar refractivity (Wildman–Crippen MR) is 65.1 cm³/mol. The van der Waals surface area contributed by atoms with Gasteiger partial charge in [-0.1, -0.05) is 25.0 Å². The summed E-state index contributed by atoms with van der Waals surface area (Å²) in [6.07, 6.45) is 12.1. The van der Waals surface area contributed by atoms with E-state index in [1.807, 2.05) is 0 Å². The molecule has 2 N–H and O–H groups in total. The van der Waals surface area contributed by atoms with E-state index in [2.05, 4.69) is 17.5 Å². The summed E-state index contributed by atoms with van der Waals surface area (Å²) in [5.41, 5.74) is 0. The summed E-state index contributed by atoms with van der Waals surface area (Å²) < 4.78 is 0. The molecule has 2 heteroatoms. The third kappa shape index (κ3) is 2.05. The van der Waals surface area contributed by atoms with Gasteiger partial charge in [-0.05, 0) is 50.0 Å². The Balaban J connectivity index is 1.47. The van der Waals surface area contributed by atoms with Gasteiger partial charge in [-0.2, -0.15) is 0 Å². The lowest BCUT2D eigenvalue weighted by molar-refractivity contribution is 0.0881. The minimum Gasteiger partial charge on any atom is -0.392 e. The smallest absolute Gasteiger partial charge is 0.0693 e. The van der Waals surface area contributed by atoms with E-state index in [9.17, 15) is 5.11 Å². The average molecular weight is 221 g/mol. The molecule has 3 rings (SSSR count). The molecular formula is C14H23NO. The second-order valence-corrected chi connectivity index (χ2v) is 5.91. The molecule has 3 aliphatic rings. The number of fused-ring (bicyclic) bond motifs is 2. The van der Waals surface area contributed by atoms with E-state index >= 15 is 0 Å². The molecule has 0 radical (unpaired) electrons. The van der Waals surface area contributed by atoms with Crippen LogP contribution in [0.5, 0.6) is 0 Å². The summed E-state index contributed by atoms with van der Waals surface area (Å²) >= 11 is 0. The molecule has 0 aromatic heterocycles. The monoisotopic (exact) mass is 221 g/mol. The number of hydrogen-bond acceptors (Lipinski definition) is 2. The number of rotatable bonds is 3. The molecule has 2 nitrogen and oxygen atoms in total. The van der Waals surface area contributed by atoms with Crippen LogP contribution in [0.1, 0.15) is 38.5 Å². The lowest BCUT2D eigenvalue weighted by Gasteiger charge is -2.30. The maximum Gasteiger partial charge on any atom is 0.0693 e. The summed E-state index contributed by atoms with van der Waals surface area (Å²) in [7, 11) is 0. The van der Waals surface area contributed by atoms with Gasteiger partial charge in [0.1, 0.15) is 0 Å². The van der Waals surface area contributed by atoms with Gasteiger partial charge in [0.25, 0.3) is 0 Å². The Kier molecular flexibility index (Phi) is 3.03. The summed E-state index contributed by atoms with van der Waals surface area (Å²) in [6, 6.07) is 0.372. The van der Waals surface area contributed by atoms with Crippen molar-refractivity contribution in [3.05, 3.63) is 12.2 Å². The topological polar surface area (TPSA) is 32.3 Å². The van der Waals surface area contributed by atoms with Crippen molar-refractivity contribution in [3.63, 3.8) is 0 Å². The molecule has 3 unspecified atom stereocenters. The number of aliphatic hydroxyl groups excluding tert-OH is 1. The Morgan fingerprint density at radius 3 is 2.69 bits per heavy atom. The van der Waals surface area contributed by atoms with Gasteiger partial charge in [-0.25, -0.2) is 0 Å². The van der Waals surface area contributed by atoms with Crippen LogP contribution in [0.4, 0.5) is 0 Å². The first-order valence-electron chi connectivity index (χ1n) is 6.92. The van der Waals surface area contributed by atoms with E-state index in [-0.39, 0.29) is 6.10 Å². The van der Waals surface area contributed by atoms with Crippen molar-refractivity contribution in [3.8, 4) is 0 Å². The van der Waals surface area contributed by atoms with Crippen molar-refractivity contribution in [2.24, 2.45) is 17.8 Å². The highest BCUT2D eigenvalue weighted by molar-refractivity contribution is 5.10. The van der Waals surface area contributed by atoms with Crippen LogP contribution in [-0.4, -0.2) is 23.8 Å². The fourth-order valence-electron chi connectivity index (χ4n) is 3.78. The van der Waals surface area contributed by atoms with Gasteiger partial charge in [-0.15, -0.1) is 0 Å². The normalized spacial score (nSPS) is 46.4. The van der Waals surface area contributed by atoms with Gasteiger partial charge >= 0.3 is 0 Å². The SMILES string of the molecule is O[C@H]1CCCC[C@@H]1NCC1CC2C=CC1C2. The van der Waals surface area contributed by atoms with Crippen molar-refractivity contribution in [2.45, 2.75) is 50.7 Å². The first-order chi connectivity index (χ1) is 7.83. The third-order valence-electron chi connectivity index (χ3n) is 4.79. The lowest BCUT2D eigenvalue weighted by Crippen LogP contribution is -2.44. The van der Waals surface area contributed by atoms with Crippen molar-refractivity contribution < 1.29 is 5.11 Å². The molecule has 0 aromatic rings. The highest BCUT2D eigenvalue weighted by atomic mass is 16.3. The number of hydrogen-bond donors (Lipinski definition) is 2. The Labute approximate surface area is 98.1 Å². The van der Waals surface area contributed by atoms with Crippen LogP contribution >= 0.6 is 0 Å². The van der Waals surface area contributed by atoms with Crippen LogP contribution < -0.4 is 5.32 Å². The summed E-state index contributed by atoms with van der Waals surface area (Å²) in [4.78, 5) is 0. The quantitative estimate of drug-likeness (QED) is 0.715. The summed E-state index contributed by atoms with van der Waals surface area (Å²) in [5.74, 6) is 2.54. The Morgan fingerprint density at radius 1 is 1.12 bits per heavy atom. The highest BCUT2D eigenvalue weighted by Gasteiger charge is 2.35. The van der Waals surface area contributed by atoms with E-state index in [4.69, 9.17) is 0 Å². The van der Waals surface area contributed by atoms with Gasteiger partial charge in [0.05, 0.1) is 6.10 Å². The van der Waals surface area contributed by atoms with Crippen molar-refractivity contribution in [1.29, 1.82) is 0 Å². The molecule has 0 aliphatic heterocycles. The van der Waals surface area contributed by atoms with Crippen LogP contribution in [0, 0.1) is 17.8 Å². The number of allylic oxidation sites excluding steroid dienone is 2. The molecule has 16 heavy (non-hydrogen) atoms. The van der Waals surface area contributed by atoms with E-state index in [1.165, 1.54) is 25.7 Å². The van der Waals surface area contributed by atoms with E-state index < -0.39 is 0 Å². The molecule has 3 aliphatic carbocycles. The van der Waals surface area contributed by atoms with Crippen LogP contribution in [0.3, 0.4) is 0 Å². The summed E-state index contributed by atoms with van der Waals surface area (Å²) in [6.45, 7) is 1.12. The number of nitrogens with one attached hydrogen (secondary N) is 1. The van der Waals surface area contributed by atoms with Crippen LogP contribution in [-0.2, 0) is 0 Å². The predicted octanol–water partition coefficient (Wildman–Crippen LogP) is 2.09. The molecule has 90 valence electrons. The maximum atomic E-state index is 9.90. The average Bonchev–Trinajstić information content (AvgIpc) is 2.90. The van der Waals surface area contributed by atoms with Gasteiger partial charge in [0.2, 0.25) is 0 Å². The lowest BCUT2D eigenvalue weighted by atomic mass is 9.90. The Hall–Kier alpha value is -0.340. The van der Waals surface area contributed by atoms with Gasteiger partial charge in [-0.3, -0.25) is 0 Å². The zero-order valence-corrected chi connectivity index (χ0v) is 9.94. The fourth-order valence-corrected chi connectivity index (χ4v) is 3.78. The maximum absolute atomic E-state index is 9.90. The van der Waals surface area contributed by atoms with Gasteiger partial charge in [0, 0.05) is 6.04 Å². The fraction of sp³-hybridized carbons (Fsp3) is 0.857. The molecule has 2 saturated carbocycles. The van der Waals surface area contributed by atoms with Crippen molar-refractivity contribution >= 4 is 0 Å². The second-order valence-electron chi connectivity index (χ2n) is 5.91. The molecule has 0 amide bonds. The zero-order chi connectivity index (χ0) is 11.0. The van der Waals surface area contributed by atoms with E-state index in [0.717, 1.165) is 37.1 Å². The largest absolute Gasteiger partial charge is 0.392 e. The zero-order valence-electron chi connectivity index (χ0n) is 9.94. The van der Waals surface area contributed by atoms with Crippen LogP contribution in [0.2, 0.25) is 0 Å². The Bertz CT molecular complexity index is 276. The molecular weight excluding hydrogens is 198 g/mol. The van der Waals surface area contributed by atoms with Crippen LogP contribution in [0.25, 0.3) is 0 Å². The molecule has 0 heterocycles. The first-order valence-corrected chi connectivity index (χ1v) is 6.92. The highest BCUT2D eigenvalue weighted by Crippen LogP contribution is 2.43. The van der Waals surface area contributed by atoms with Gasteiger partial charge < -0.3 is 10.4 Å². The molecule has 2 fully saturated rings. The molecule has 0 aromatic carbocycles.